The van der Waals surface area contributed by atoms with E-state index in [1.54, 1.807) is 0 Å². The van der Waals surface area contributed by atoms with Crippen LogP contribution in [-0.2, 0) is 11.3 Å². The van der Waals surface area contributed by atoms with Crippen LogP contribution in [0, 0.1) is 13.8 Å². The van der Waals surface area contributed by atoms with Gasteiger partial charge in [-0.25, -0.2) is 0 Å². The number of aryl methyl sites for hydroxylation is 2. The Labute approximate surface area is 170 Å². The minimum atomic E-state index is -0.0342. The summed E-state index contributed by atoms with van der Waals surface area (Å²) in [6.45, 7) is 8.91. The number of nitrogens with zero attached hydrogens (tertiary/aromatic N) is 3. The molecule has 0 aliphatic carbocycles. The third kappa shape index (κ3) is 4.81. The lowest BCUT2D eigenvalue weighted by Crippen LogP contribution is -2.17. The van der Waals surface area contributed by atoms with E-state index >= 15 is 0 Å². The summed E-state index contributed by atoms with van der Waals surface area (Å²) in [7, 11) is 0. The highest BCUT2D eigenvalue weighted by molar-refractivity contribution is 7.99. The van der Waals surface area contributed by atoms with Crippen LogP contribution in [0.3, 0.4) is 0 Å². The largest absolute Gasteiger partial charge is 0.325 e. The van der Waals surface area contributed by atoms with E-state index in [9.17, 15) is 4.79 Å². The van der Waals surface area contributed by atoms with Crippen molar-refractivity contribution in [2.75, 3.05) is 11.1 Å². The van der Waals surface area contributed by atoms with E-state index in [0.29, 0.717) is 18.2 Å². The van der Waals surface area contributed by atoms with Crippen LogP contribution in [0.4, 0.5) is 5.69 Å². The molecule has 0 aliphatic heterocycles. The molecule has 3 rings (SSSR count). The molecule has 0 saturated heterocycles. The number of carbonyl (C=O) groups excluding carboxylic acids is 1. The average Bonchev–Trinajstić information content (AvgIpc) is 3.02. The third-order valence-electron chi connectivity index (χ3n) is 4.61. The maximum absolute atomic E-state index is 12.6. The zero-order valence-electron chi connectivity index (χ0n) is 16.8. The lowest BCUT2D eigenvalue weighted by molar-refractivity contribution is -0.113. The highest BCUT2D eigenvalue weighted by Gasteiger charge is 2.15. The van der Waals surface area contributed by atoms with Crippen molar-refractivity contribution in [3.8, 4) is 0 Å². The van der Waals surface area contributed by atoms with E-state index in [0.717, 1.165) is 27.8 Å². The van der Waals surface area contributed by atoms with Crippen LogP contribution in [0.1, 0.15) is 42.3 Å². The number of amides is 1. The Morgan fingerprint density at radius 2 is 1.82 bits per heavy atom. The quantitative estimate of drug-likeness (QED) is 0.585. The number of hydrogen-bond donors (Lipinski definition) is 1. The van der Waals surface area contributed by atoms with Gasteiger partial charge < -0.3 is 9.88 Å². The molecular formula is C22H26N4OS. The summed E-state index contributed by atoms with van der Waals surface area (Å²) in [6.07, 6.45) is 0. The topological polar surface area (TPSA) is 59.8 Å². The fraction of sp³-hybridized carbons (Fsp3) is 0.318. The normalized spacial score (nSPS) is 11.0. The number of thioether (sulfide) groups is 1. The Morgan fingerprint density at radius 3 is 2.54 bits per heavy atom. The van der Waals surface area contributed by atoms with Gasteiger partial charge in [0.05, 0.1) is 12.3 Å². The molecule has 0 atom stereocenters. The molecule has 146 valence electrons. The molecule has 3 aromatic rings. The maximum Gasteiger partial charge on any atom is 0.234 e. The molecule has 5 nitrogen and oxygen atoms in total. The van der Waals surface area contributed by atoms with Gasteiger partial charge in [0.2, 0.25) is 5.91 Å². The van der Waals surface area contributed by atoms with Crippen molar-refractivity contribution in [3.05, 3.63) is 71.0 Å². The van der Waals surface area contributed by atoms with Gasteiger partial charge in [-0.1, -0.05) is 74.1 Å². The molecule has 0 saturated carbocycles. The number of nitrogens with one attached hydrogen (secondary N) is 1. The van der Waals surface area contributed by atoms with E-state index in [-0.39, 0.29) is 5.91 Å². The summed E-state index contributed by atoms with van der Waals surface area (Å²) in [6, 6.07) is 16.3. The van der Waals surface area contributed by atoms with E-state index in [4.69, 9.17) is 0 Å². The first-order valence-electron chi connectivity index (χ1n) is 9.41. The number of carbonyl (C=O) groups is 1. The average molecular weight is 395 g/mol. The predicted octanol–water partition coefficient (Wildman–Crippen LogP) is 4.80. The molecule has 1 aromatic heterocycles. The molecule has 0 aliphatic rings. The van der Waals surface area contributed by atoms with Crippen molar-refractivity contribution in [2.24, 2.45) is 0 Å². The van der Waals surface area contributed by atoms with Crippen LogP contribution in [0.5, 0.6) is 0 Å². The van der Waals surface area contributed by atoms with Crippen molar-refractivity contribution in [1.29, 1.82) is 0 Å². The zero-order chi connectivity index (χ0) is 20.1. The minimum Gasteiger partial charge on any atom is -0.325 e. The molecule has 1 heterocycles. The van der Waals surface area contributed by atoms with Gasteiger partial charge >= 0.3 is 0 Å². The SMILES string of the molecule is Cc1cccc(C(C)C)c1NC(=O)CSc1nnc(C)n1Cc1ccccc1. The Balaban J connectivity index is 1.68. The number of para-hydroxylation sites is 1. The van der Waals surface area contributed by atoms with Gasteiger partial charge in [-0.15, -0.1) is 10.2 Å². The second-order valence-corrected chi connectivity index (χ2v) is 8.07. The second-order valence-electron chi connectivity index (χ2n) is 7.13. The molecule has 0 fully saturated rings. The first-order chi connectivity index (χ1) is 13.5. The van der Waals surface area contributed by atoms with Crippen LogP contribution in [0.25, 0.3) is 0 Å². The van der Waals surface area contributed by atoms with Crippen molar-refractivity contribution in [1.82, 2.24) is 14.8 Å². The molecule has 0 radical (unpaired) electrons. The molecule has 0 unspecified atom stereocenters. The van der Waals surface area contributed by atoms with Gasteiger partial charge in [0.25, 0.3) is 0 Å². The first kappa shape index (κ1) is 20.1. The van der Waals surface area contributed by atoms with Gasteiger partial charge in [-0.2, -0.15) is 0 Å². The minimum absolute atomic E-state index is 0.0342. The number of aromatic nitrogens is 3. The van der Waals surface area contributed by atoms with Crippen molar-refractivity contribution in [2.45, 2.75) is 45.3 Å². The van der Waals surface area contributed by atoms with Crippen LogP contribution in [-0.4, -0.2) is 26.4 Å². The number of hydrogen-bond acceptors (Lipinski definition) is 4. The zero-order valence-corrected chi connectivity index (χ0v) is 17.6. The molecule has 28 heavy (non-hydrogen) atoms. The molecule has 1 amide bonds. The fourth-order valence-corrected chi connectivity index (χ4v) is 3.85. The molecule has 6 heteroatoms. The lowest BCUT2D eigenvalue weighted by atomic mass is 9.98. The van der Waals surface area contributed by atoms with Crippen molar-refractivity contribution >= 4 is 23.4 Å². The standard InChI is InChI=1S/C22H26N4OS/c1-15(2)19-12-8-9-16(3)21(19)23-20(27)14-28-22-25-24-17(4)26(22)13-18-10-6-5-7-11-18/h5-12,15H,13-14H2,1-4H3,(H,23,27). The Bertz CT molecular complexity index is 950. The fourth-order valence-electron chi connectivity index (χ4n) is 3.06. The number of benzene rings is 2. The van der Waals surface area contributed by atoms with Crippen LogP contribution < -0.4 is 5.32 Å². The third-order valence-corrected chi connectivity index (χ3v) is 5.58. The lowest BCUT2D eigenvalue weighted by Gasteiger charge is -2.16. The van der Waals surface area contributed by atoms with Crippen LogP contribution in [0.2, 0.25) is 0 Å². The smallest absolute Gasteiger partial charge is 0.234 e. The molecular weight excluding hydrogens is 368 g/mol. The summed E-state index contributed by atoms with van der Waals surface area (Å²) in [5, 5.41) is 12.3. The summed E-state index contributed by atoms with van der Waals surface area (Å²) in [5.41, 5.74) is 4.33. The van der Waals surface area contributed by atoms with E-state index in [2.05, 4.69) is 47.6 Å². The highest BCUT2D eigenvalue weighted by atomic mass is 32.2. The number of anilines is 1. The summed E-state index contributed by atoms with van der Waals surface area (Å²) < 4.78 is 2.04. The molecule has 0 spiro atoms. The second kappa shape index (κ2) is 9.06. The van der Waals surface area contributed by atoms with Gasteiger partial charge in [0, 0.05) is 5.69 Å². The van der Waals surface area contributed by atoms with E-state index in [1.807, 2.05) is 48.7 Å². The Hall–Kier alpha value is -2.60. The molecule has 0 bridgehead atoms. The highest BCUT2D eigenvalue weighted by Crippen LogP contribution is 2.28. The van der Waals surface area contributed by atoms with Crippen LogP contribution in [0.15, 0.2) is 53.7 Å². The summed E-state index contributed by atoms with van der Waals surface area (Å²) in [4.78, 5) is 12.6. The first-order valence-corrected chi connectivity index (χ1v) is 10.4. The monoisotopic (exact) mass is 394 g/mol. The van der Waals surface area contributed by atoms with Gasteiger partial charge in [0.15, 0.2) is 5.16 Å². The van der Waals surface area contributed by atoms with Gasteiger partial charge in [-0.05, 0) is 36.5 Å². The Kier molecular flexibility index (Phi) is 6.52. The van der Waals surface area contributed by atoms with Gasteiger partial charge in [0.1, 0.15) is 5.82 Å². The van der Waals surface area contributed by atoms with E-state index in [1.165, 1.54) is 17.3 Å². The predicted molar refractivity (Wildman–Crippen MR) is 115 cm³/mol. The van der Waals surface area contributed by atoms with Gasteiger partial charge in [-0.3, -0.25) is 4.79 Å². The molecule has 1 N–H and O–H groups in total. The van der Waals surface area contributed by atoms with E-state index < -0.39 is 0 Å². The summed E-state index contributed by atoms with van der Waals surface area (Å²) >= 11 is 1.41. The Morgan fingerprint density at radius 1 is 1.07 bits per heavy atom. The maximum atomic E-state index is 12.6. The number of rotatable bonds is 7. The molecule has 2 aromatic carbocycles. The van der Waals surface area contributed by atoms with Crippen LogP contribution >= 0.6 is 11.8 Å². The van der Waals surface area contributed by atoms with Crippen molar-refractivity contribution in [3.63, 3.8) is 0 Å². The summed E-state index contributed by atoms with van der Waals surface area (Å²) in [5.74, 6) is 1.44. The van der Waals surface area contributed by atoms with Crippen molar-refractivity contribution < 1.29 is 4.79 Å².